The number of nitrogens with two attached hydrogens (primary N) is 1. The van der Waals surface area contributed by atoms with Gasteiger partial charge in [0.2, 0.25) is 0 Å². The van der Waals surface area contributed by atoms with Gasteiger partial charge < -0.3 is 11.1 Å². The van der Waals surface area contributed by atoms with Gasteiger partial charge in [-0.25, -0.2) is 4.98 Å². The van der Waals surface area contributed by atoms with Crippen molar-refractivity contribution in [2.24, 2.45) is 0 Å². The molecule has 1 aliphatic rings. The summed E-state index contributed by atoms with van der Waals surface area (Å²) in [6.07, 6.45) is 3.67. The van der Waals surface area contributed by atoms with Crippen LogP contribution in [0.2, 0.25) is 0 Å². The Hall–Kier alpha value is -1.38. The van der Waals surface area contributed by atoms with Gasteiger partial charge in [0.1, 0.15) is 5.69 Å². The second-order valence-corrected chi connectivity index (χ2v) is 3.13. The molecule has 62 valence electrons. The van der Waals surface area contributed by atoms with Gasteiger partial charge in [0, 0.05) is 17.8 Å². The van der Waals surface area contributed by atoms with E-state index in [1.54, 1.807) is 0 Å². The molecule has 3 nitrogen and oxygen atoms in total. The van der Waals surface area contributed by atoms with Crippen LogP contribution >= 0.6 is 0 Å². The lowest BCUT2D eigenvalue weighted by atomic mass is 10.2. The monoisotopic (exact) mass is 161 g/mol. The van der Waals surface area contributed by atoms with Crippen LogP contribution in [0.3, 0.4) is 0 Å². The van der Waals surface area contributed by atoms with Crippen molar-refractivity contribution in [2.75, 3.05) is 5.73 Å². The summed E-state index contributed by atoms with van der Waals surface area (Å²) in [4.78, 5) is 4.28. The van der Waals surface area contributed by atoms with Crippen LogP contribution in [0.15, 0.2) is 12.1 Å². The summed E-state index contributed by atoms with van der Waals surface area (Å²) in [6, 6.07) is 3.79. The molecule has 1 aromatic rings. The summed E-state index contributed by atoms with van der Waals surface area (Å²) in [7, 11) is 0. The van der Waals surface area contributed by atoms with Gasteiger partial charge in [-0.2, -0.15) is 0 Å². The van der Waals surface area contributed by atoms with Crippen molar-refractivity contribution < 1.29 is 0 Å². The minimum absolute atomic E-state index is 0.592. The molecular formula is C9H11N3. The zero-order valence-electron chi connectivity index (χ0n) is 6.75. The lowest BCUT2D eigenvalue weighted by molar-refractivity contribution is 1.02. The lowest BCUT2D eigenvalue weighted by Gasteiger charge is -2.01. The van der Waals surface area contributed by atoms with E-state index in [1.807, 2.05) is 12.1 Å². The summed E-state index contributed by atoms with van der Waals surface area (Å²) in [6.45, 7) is 0. The van der Waals surface area contributed by atoms with E-state index in [0.717, 1.165) is 5.69 Å². The Morgan fingerprint density at radius 3 is 2.83 bits per heavy atom. The first-order valence-corrected chi connectivity index (χ1v) is 4.08. The topological polar surface area (TPSA) is 62.8 Å². The highest BCUT2D eigenvalue weighted by molar-refractivity contribution is 5.82. The van der Waals surface area contributed by atoms with E-state index in [-0.39, 0.29) is 0 Å². The molecule has 0 radical (unpaired) electrons. The highest BCUT2D eigenvalue weighted by atomic mass is 14.8. The Morgan fingerprint density at radius 1 is 1.50 bits per heavy atom. The van der Waals surface area contributed by atoms with Gasteiger partial charge in [0.15, 0.2) is 0 Å². The fraction of sp³-hybridized carbons (Fsp3) is 0.333. The number of pyridine rings is 1. The van der Waals surface area contributed by atoms with Crippen LogP contribution in [0.4, 0.5) is 5.69 Å². The standard InChI is InChI=1S/C9H11N3/c10-5-9-7(11)3-4-8(12-9)6-1-2-6/h3-6,10H,1-2,11H2. The molecule has 1 aliphatic carbocycles. The fourth-order valence-corrected chi connectivity index (χ4v) is 1.22. The molecular weight excluding hydrogens is 150 g/mol. The average molecular weight is 161 g/mol. The minimum Gasteiger partial charge on any atom is -0.397 e. The highest BCUT2D eigenvalue weighted by Gasteiger charge is 2.25. The van der Waals surface area contributed by atoms with Crippen LogP contribution in [0, 0.1) is 5.41 Å². The zero-order valence-corrected chi connectivity index (χ0v) is 6.75. The van der Waals surface area contributed by atoms with Crippen molar-refractivity contribution in [3.63, 3.8) is 0 Å². The molecule has 3 heteroatoms. The van der Waals surface area contributed by atoms with Crippen molar-refractivity contribution in [1.29, 1.82) is 5.41 Å². The van der Waals surface area contributed by atoms with Gasteiger partial charge >= 0.3 is 0 Å². The molecule has 0 unspecified atom stereocenters. The molecule has 0 aliphatic heterocycles. The van der Waals surface area contributed by atoms with Gasteiger partial charge in [-0.3, -0.25) is 0 Å². The molecule has 2 rings (SSSR count). The first kappa shape index (κ1) is 7.28. The third kappa shape index (κ3) is 1.18. The first-order chi connectivity index (χ1) is 5.81. The van der Waals surface area contributed by atoms with E-state index in [9.17, 15) is 0 Å². The normalized spacial score (nSPS) is 16.0. The van der Waals surface area contributed by atoms with E-state index in [1.165, 1.54) is 19.1 Å². The van der Waals surface area contributed by atoms with E-state index in [2.05, 4.69) is 4.98 Å². The molecule has 1 saturated carbocycles. The van der Waals surface area contributed by atoms with Crippen molar-refractivity contribution in [1.82, 2.24) is 4.98 Å². The Kier molecular flexibility index (Phi) is 1.57. The van der Waals surface area contributed by atoms with Crippen LogP contribution in [0.25, 0.3) is 0 Å². The Bertz CT molecular complexity index is 316. The van der Waals surface area contributed by atoms with Crippen LogP contribution in [-0.2, 0) is 0 Å². The predicted octanol–water partition coefficient (Wildman–Crippen LogP) is 1.54. The SMILES string of the molecule is N=Cc1nc(C2CC2)ccc1N. The number of nitrogens with one attached hydrogen (secondary N) is 1. The maximum absolute atomic E-state index is 7.08. The van der Waals surface area contributed by atoms with E-state index in [0.29, 0.717) is 17.3 Å². The van der Waals surface area contributed by atoms with E-state index < -0.39 is 0 Å². The lowest BCUT2D eigenvalue weighted by Crippen LogP contribution is -1.98. The van der Waals surface area contributed by atoms with Crippen LogP contribution in [-0.4, -0.2) is 11.2 Å². The van der Waals surface area contributed by atoms with Gasteiger partial charge in [0.05, 0.1) is 5.69 Å². The van der Waals surface area contributed by atoms with Crippen molar-refractivity contribution in [3.05, 3.63) is 23.5 Å². The number of rotatable bonds is 2. The van der Waals surface area contributed by atoms with Crippen LogP contribution < -0.4 is 5.73 Å². The third-order valence-corrected chi connectivity index (χ3v) is 2.11. The molecule has 0 bridgehead atoms. The second-order valence-electron chi connectivity index (χ2n) is 3.13. The minimum atomic E-state index is 0.592. The van der Waals surface area contributed by atoms with Crippen molar-refractivity contribution in [2.45, 2.75) is 18.8 Å². The van der Waals surface area contributed by atoms with Crippen molar-refractivity contribution in [3.8, 4) is 0 Å². The quantitative estimate of drug-likeness (QED) is 0.646. The number of aromatic nitrogens is 1. The summed E-state index contributed by atoms with van der Waals surface area (Å²) < 4.78 is 0. The molecule has 0 aromatic carbocycles. The molecule has 1 heterocycles. The summed E-state index contributed by atoms with van der Waals surface area (Å²) >= 11 is 0. The third-order valence-electron chi connectivity index (χ3n) is 2.11. The maximum Gasteiger partial charge on any atom is 0.104 e. The highest BCUT2D eigenvalue weighted by Crippen LogP contribution is 2.39. The number of hydrogen-bond acceptors (Lipinski definition) is 3. The van der Waals surface area contributed by atoms with Gasteiger partial charge in [0.25, 0.3) is 0 Å². The zero-order chi connectivity index (χ0) is 8.55. The Labute approximate surface area is 71.1 Å². The molecule has 1 fully saturated rings. The molecule has 3 N–H and O–H groups in total. The Balaban J connectivity index is 2.39. The van der Waals surface area contributed by atoms with Crippen molar-refractivity contribution >= 4 is 11.9 Å². The summed E-state index contributed by atoms with van der Waals surface area (Å²) in [5, 5.41) is 7.08. The largest absolute Gasteiger partial charge is 0.397 e. The van der Waals surface area contributed by atoms with Gasteiger partial charge in [-0.15, -0.1) is 0 Å². The molecule has 0 atom stereocenters. The summed E-state index contributed by atoms with van der Waals surface area (Å²) in [5.41, 5.74) is 7.88. The molecule has 0 spiro atoms. The molecule has 0 amide bonds. The smallest absolute Gasteiger partial charge is 0.104 e. The molecule has 12 heavy (non-hydrogen) atoms. The van der Waals surface area contributed by atoms with Crippen LogP contribution in [0.5, 0.6) is 0 Å². The van der Waals surface area contributed by atoms with Gasteiger partial charge in [-0.1, -0.05) is 0 Å². The molecule has 0 saturated heterocycles. The predicted molar refractivity (Wildman–Crippen MR) is 48.5 cm³/mol. The first-order valence-electron chi connectivity index (χ1n) is 4.08. The summed E-state index contributed by atoms with van der Waals surface area (Å²) in [5.74, 6) is 0.629. The fourth-order valence-electron chi connectivity index (χ4n) is 1.22. The number of nitrogens with zero attached hydrogens (tertiary/aromatic N) is 1. The number of hydrogen-bond donors (Lipinski definition) is 2. The van der Waals surface area contributed by atoms with E-state index in [4.69, 9.17) is 11.1 Å². The maximum atomic E-state index is 7.08. The average Bonchev–Trinajstić information content (AvgIpc) is 2.88. The number of anilines is 1. The Morgan fingerprint density at radius 2 is 2.25 bits per heavy atom. The second kappa shape index (κ2) is 2.59. The van der Waals surface area contributed by atoms with Crippen LogP contribution in [0.1, 0.15) is 30.1 Å². The van der Waals surface area contributed by atoms with E-state index >= 15 is 0 Å². The number of nitrogen functional groups attached to an aromatic ring is 1. The van der Waals surface area contributed by atoms with Gasteiger partial charge in [-0.05, 0) is 25.0 Å². The molecule has 1 aromatic heterocycles.